The van der Waals surface area contributed by atoms with Crippen molar-refractivity contribution in [1.82, 2.24) is 0 Å². The van der Waals surface area contributed by atoms with Gasteiger partial charge in [0.2, 0.25) is 0 Å². The molecule has 0 amide bonds. The lowest BCUT2D eigenvalue weighted by molar-refractivity contribution is -0.147. The molecule has 1 heterocycles. The molecule has 0 aromatic heterocycles. The van der Waals surface area contributed by atoms with Gasteiger partial charge in [-0.1, -0.05) is 54.6 Å². The second-order valence-corrected chi connectivity index (χ2v) is 11.8. The van der Waals surface area contributed by atoms with Crippen LogP contribution in [0.3, 0.4) is 0 Å². The van der Waals surface area contributed by atoms with Crippen molar-refractivity contribution in [3.63, 3.8) is 0 Å². The van der Waals surface area contributed by atoms with Gasteiger partial charge < -0.3 is 9.47 Å². The normalized spacial score (nSPS) is 15.9. The van der Waals surface area contributed by atoms with Gasteiger partial charge in [-0.3, -0.25) is 0 Å². The average molecular weight is 420 g/mol. The molecule has 0 bridgehead atoms. The molecule has 30 heavy (non-hydrogen) atoms. The summed E-state index contributed by atoms with van der Waals surface area (Å²) in [6, 6.07) is 33.5. The Morgan fingerprint density at radius 1 is 0.633 bits per heavy atom. The van der Waals surface area contributed by atoms with Gasteiger partial charge in [0.05, 0.1) is 19.4 Å². The first kappa shape index (κ1) is 21.2. The molecule has 3 aromatic rings. The minimum absolute atomic E-state index is 0.371. The number of hydrogen-bond acceptors (Lipinski definition) is 2. The van der Waals surface area contributed by atoms with E-state index in [0.29, 0.717) is 0 Å². The summed E-state index contributed by atoms with van der Waals surface area (Å²) in [7, 11) is -1.70. The van der Waals surface area contributed by atoms with Gasteiger partial charge in [0, 0.05) is 6.42 Å². The summed E-state index contributed by atoms with van der Waals surface area (Å²) in [4.78, 5) is 0. The molecular formula is C27H32O2P+. The van der Waals surface area contributed by atoms with Crippen LogP contribution in [-0.4, -0.2) is 25.2 Å². The minimum atomic E-state index is -1.70. The molecule has 0 radical (unpaired) electrons. The van der Waals surface area contributed by atoms with Gasteiger partial charge in [-0.2, -0.15) is 0 Å². The highest BCUT2D eigenvalue weighted by molar-refractivity contribution is 7.95. The smallest absolute Gasteiger partial charge is 0.165 e. The fourth-order valence-electron chi connectivity index (χ4n) is 4.55. The van der Waals surface area contributed by atoms with E-state index in [-0.39, 0.29) is 5.79 Å². The van der Waals surface area contributed by atoms with Crippen LogP contribution in [0.1, 0.15) is 32.6 Å². The molecule has 1 saturated heterocycles. The SMILES string of the molecule is CC1(CCCCC[P+](c2ccccc2)(c2ccccc2)c2ccccc2)OCCO1. The maximum absolute atomic E-state index is 5.78. The van der Waals surface area contributed by atoms with E-state index in [1.54, 1.807) is 0 Å². The Hall–Kier alpha value is -1.99. The van der Waals surface area contributed by atoms with Crippen LogP contribution >= 0.6 is 7.26 Å². The fraction of sp³-hybridized carbons (Fsp3) is 0.333. The summed E-state index contributed by atoms with van der Waals surface area (Å²) in [6.45, 7) is 3.53. The Morgan fingerprint density at radius 3 is 1.50 bits per heavy atom. The zero-order valence-electron chi connectivity index (χ0n) is 17.9. The van der Waals surface area contributed by atoms with Crippen molar-refractivity contribution < 1.29 is 9.47 Å². The van der Waals surface area contributed by atoms with E-state index in [0.717, 1.165) is 26.1 Å². The molecule has 1 aliphatic rings. The largest absolute Gasteiger partial charge is 0.348 e. The molecule has 0 aliphatic carbocycles. The van der Waals surface area contributed by atoms with Crippen molar-refractivity contribution in [3.05, 3.63) is 91.0 Å². The molecule has 3 aromatic carbocycles. The van der Waals surface area contributed by atoms with E-state index in [9.17, 15) is 0 Å². The molecule has 4 rings (SSSR count). The number of hydrogen-bond donors (Lipinski definition) is 0. The number of benzene rings is 3. The van der Waals surface area contributed by atoms with E-state index < -0.39 is 7.26 Å². The quantitative estimate of drug-likeness (QED) is 0.346. The van der Waals surface area contributed by atoms with Crippen LogP contribution in [0.4, 0.5) is 0 Å². The topological polar surface area (TPSA) is 18.5 Å². The standard InChI is InChI=1S/C27H32O2P/c1-27(28-21-22-29-27)20-12-5-13-23-30(24-14-6-2-7-15-24,25-16-8-3-9-17-25)26-18-10-4-11-19-26/h2-4,6-11,14-19H,5,12-13,20-23H2,1H3/q+1. The third kappa shape index (κ3) is 4.67. The summed E-state index contributed by atoms with van der Waals surface area (Å²) in [5.41, 5.74) is 0. The average Bonchev–Trinajstić information content (AvgIpc) is 3.25. The van der Waals surface area contributed by atoms with Gasteiger partial charge in [-0.25, -0.2) is 0 Å². The van der Waals surface area contributed by atoms with E-state index in [4.69, 9.17) is 9.47 Å². The second-order valence-electron chi connectivity index (χ2n) is 8.18. The number of rotatable bonds is 9. The predicted molar refractivity (Wildman–Crippen MR) is 129 cm³/mol. The van der Waals surface area contributed by atoms with Crippen LogP contribution < -0.4 is 15.9 Å². The van der Waals surface area contributed by atoms with Crippen molar-refractivity contribution in [1.29, 1.82) is 0 Å². The van der Waals surface area contributed by atoms with Crippen molar-refractivity contribution in [3.8, 4) is 0 Å². The Kier molecular flexibility index (Phi) is 7.00. The Bertz CT molecular complexity index is 793. The Labute approximate surface area is 181 Å². The lowest BCUT2D eigenvalue weighted by Crippen LogP contribution is -2.33. The van der Waals surface area contributed by atoms with Gasteiger partial charge in [-0.15, -0.1) is 0 Å². The zero-order valence-corrected chi connectivity index (χ0v) is 18.8. The molecule has 0 saturated carbocycles. The van der Waals surface area contributed by atoms with Crippen LogP contribution in [0.15, 0.2) is 91.0 Å². The molecule has 0 N–H and O–H groups in total. The van der Waals surface area contributed by atoms with E-state index >= 15 is 0 Å². The highest BCUT2D eigenvalue weighted by Gasteiger charge is 2.44. The first-order chi connectivity index (χ1) is 14.7. The van der Waals surface area contributed by atoms with Gasteiger partial charge in [0.1, 0.15) is 23.2 Å². The Balaban J connectivity index is 1.60. The van der Waals surface area contributed by atoms with Gasteiger partial charge in [-0.05, 0) is 62.6 Å². The summed E-state index contributed by atoms with van der Waals surface area (Å²) in [6.07, 6.45) is 5.68. The molecule has 1 fully saturated rings. The zero-order chi connectivity index (χ0) is 20.7. The second kappa shape index (κ2) is 9.88. The molecule has 0 atom stereocenters. The fourth-order valence-corrected chi connectivity index (χ4v) is 8.97. The van der Waals surface area contributed by atoms with Gasteiger partial charge in [0.15, 0.2) is 5.79 Å². The van der Waals surface area contributed by atoms with Gasteiger partial charge >= 0.3 is 0 Å². The predicted octanol–water partition coefficient (Wildman–Crippen LogP) is 5.30. The maximum atomic E-state index is 5.78. The summed E-state index contributed by atoms with van der Waals surface area (Å²) in [5.74, 6) is -0.371. The van der Waals surface area contributed by atoms with Crippen molar-refractivity contribution in [2.75, 3.05) is 19.4 Å². The van der Waals surface area contributed by atoms with Crippen molar-refractivity contribution in [2.24, 2.45) is 0 Å². The lowest BCUT2D eigenvalue weighted by Gasteiger charge is -2.28. The number of ether oxygens (including phenoxy) is 2. The molecule has 0 unspecified atom stereocenters. The molecule has 2 nitrogen and oxygen atoms in total. The third-order valence-corrected chi connectivity index (χ3v) is 10.6. The molecule has 156 valence electrons. The lowest BCUT2D eigenvalue weighted by atomic mass is 10.1. The highest BCUT2D eigenvalue weighted by atomic mass is 31.2. The molecule has 3 heteroatoms. The molecule has 1 aliphatic heterocycles. The highest BCUT2D eigenvalue weighted by Crippen LogP contribution is 2.56. The minimum Gasteiger partial charge on any atom is -0.348 e. The maximum Gasteiger partial charge on any atom is 0.165 e. The van der Waals surface area contributed by atoms with Crippen LogP contribution in [-0.2, 0) is 9.47 Å². The van der Waals surface area contributed by atoms with Crippen LogP contribution in [0.25, 0.3) is 0 Å². The third-order valence-electron chi connectivity index (χ3n) is 6.11. The van der Waals surface area contributed by atoms with Crippen molar-refractivity contribution in [2.45, 2.75) is 38.4 Å². The van der Waals surface area contributed by atoms with Gasteiger partial charge in [0.25, 0.3) is 0 Å². The molecular weight excluding hydrogens is 387 g/mol. The first-order valence-electron chi connectivity index (χ1n) is 11.1. The van der Waals surface area contributed by atoms with E-state index in [2.05, 4.69) is 97.9 Å². The van der Waals surface area contributed by atoms with Crippen LogP contribution in [0.2, 0.25) is 0 Å². The number of unbranched alkanes of at least 4 members (excludes halogenated alkanes) is 2. The van der Waals surface area contributed by atoms with Crippen LogP contribution in [0, 0.1) is 0 Å². The summed E-state index contributed by atoms with van der Waals surface area (Å²) in [5, 5.41) is 4.41. The molecule has 0 spiro atoms. The summed E-state index contributed by atoms with van der Waals surface area (Å²) >= 11 is 0. The van der Waals surface area contributed by atoms with E-state index in [1.807, 2.05) is 0 Å². The summed E-state index contributed by atoms with van der Waals surface area (Å²) < 4.78 is 11.6. The van der Waals surface area contributed by atoms with Crippen LogP contribution in [0.5, 0.6) is 0 Å². The van der Waals surface area contributed by atoms with E-state index in [1.165, 1.54) is 34.9 Å². The Morgan fingerprint density at radius 2 is 1.07 bits per heavy atom. The monoisotopic (exact) mass is 419 g/mol. The first-order valence-corrected chi connectivity index (χ1v) is 13.0. The van der Waals surface area contributed by atoms with Crippen molar-refractivity contribution >= 4 is 23.2 Å².